The minimum absolute atomic E-state index is 0.0864. The first-order valence-corrected chi connectivity index (χ1v) is 8.90. The number of nitrogens with two attached hydrogens (primary N) is 1. The van der Waals surface area contributed by atoms with Crippen molar-refractivity contribution in [2.75, 3.05) is 44.1 Å². The second-order valence-electron chi connectivity index (χ2n) is 5.22. The molecule has 2 N–H and O–H groups in total. The molecule has 2 rings (SSSR count). The Morgan fingerprint density at radius 1 is 1.50 bits per heavy atom. The van der Waals surface area contributed by atoms with Crippen LogP contribution in [0.2, 0.25) is 0 Å². The van der Waals surface area contributed by atoms with Gasteiger partial charge in [-0.3, -0.25) is 0 Å². The maximum Gasteiger partial charge on any atom is 0.180 e. The Hall–Kier alpha value is -1.30. The van der Waals surface area contributed by atoms with Crippen molar-refractivity contribution < 1.29 is 8.42 Å². The lowest BCUT2D eigenvalue weighted by molar-refractivity contribution is 0.315. The third kappa shape index (κ3) is 2.61. The molecule has 1 saturated heterocycles. The molecule has 6 nitrogen and oxygen atoms in total. The van der Waals surface area contributed by atoms with E-state index in [0.29, 0.717) is 11.0 Å². The first kappa shape index (κ1) is 15.1. The third-order valence-corrected chi connectivity index (χ3v) is 5.99. The average molecular weight is 314 g/mol. The number of hydrogen-bond acceptors (Lipinski definition) is 7. The molecule has 1 aromatic rings. The predicted molar refractivity (Wildman–Crippen MR) is 80.9 cm³/mol. The zero-order valence-electron chi connectivity index (χ0n) is 11.8. The molecule has 1 aliphatic rings. The molecule has 20 heavy (non-hydrogen) atoms. The molecule has 110 valence electrons. The molecule has 1 aliphatic heterocycles. The lowest BCUT2D eigenvalue weighted by Gasteiger charge is -2.21. The number of likely N-dealkylation sites (N-methyl/N-ethyl adjacent to an activating group) is 1. The SMILES string of the molecule is CN(C)C1CCN(c2sc(C#N)c(N)c2S(C)(=O)=O)C1. The molecule has 0 bridgehead atoms. The van der Waals surface area contributed by atoms with Crippen LogP contribution in [0.4, 0.5) is 10.7 Å². The smallest absolute Gasteiger partial charge is 0.180 e. The summed E-state index contributed by atoms with van der Waals surface area (Å²) in [6, 6.07) is 2.36. The van der Waals surface area contributed by atoms with E-state index in [1.54, 1.807) is 0 Å². The van der Waals surface area contributed by atoms with E-state index in [2.05, 4.69) is 4.90 Å². The van der Waals surface area contributed by atoms with Crippen LogP contribution >= 0.6 is 11.3 Å². The molecule has 1 atom stereocenters. The molecule has 0 amide bonds. The zero-order valence-corrected chi connectivity index (χ0v) is 13.4. The van der Waals surface area contributed by atoms with Crippen LogP contribution in [0.5, 0.6) is 0 Å². The van der Waals surface area contributed by atoms with Gasteiger partial charge in [-0.2, -0.15) is 5.26 Å². The molecule has 1 aromatic heterocycles. The lowest BCUT2D eigenvalue weighted by Crippen LogP contribution is -2.31. The van der Waals surface area contributed by atoms with Crippen molar-refractivity contribution in [1.82, 2.24) is 4.90 Å². The lowest BCUT2D eigenvalue weighted by atomic mass is 10.2. The first-order chi connectivity index (χ1) is 9.25. The fraction of sp³-hybridized carbons (Fsp3) is 0.583. The standard InChI is InChI=1S/C12H18N4O2S2/c1-15(2)8-4-5-16(7-8)12-11(20(3,17)18)10(14)9(6-13)19-12/h8H,4-5,7,14H2,1-3H3. The molecule has 1 unspecified atom stereocenters. The predicted octanol–water partition coefficient (Wildman–Crippen LogP) is 0.746. The first-order valence-electron chi connectivity index (χ1n) is 6.19. The summed E-state index contributed by atoms with van der Waals surface area (Å²) < 4.78 is 23.9. The summed E-state index contributed by atoms with van der Waals surface area (Å²) in [5.74, 6) is 0. The highest BCUT2D eigenvalue weighted by molar-refractivity contribution is 7.91. The van der Waals surface area contributed by atoms with Crippen molar-refractivity contribution in [1.29, 1.82) is 5.26 Å². The Balaban J connectivity index is 2.46. The average Bonchev–Trinajstić information content (AvgIpc) is 2.91. The van der Waals surface area contributed by atoms with E-state index in [1.807, 2.05) is 25.1 Å². The van der Waals surface area contributed by atoms with Crippen molar-refractivity contribution in [2.45, 2.75) is 17.4 Å². The van der Waals surface area contributed by atoms with Crippen molar-refractivity contribution in [3.8, 4) is 6.07 Å². The van der Waals surface area contributed by atoms with Crippen LogP contribution in [0.1, 0.15) is 11.3 Å². The molecule has 0 radical (unpaired) electrons. The number of anilines is 2. The summed E-state index contributed by atoms with van der Waals surface area (Å²) in [6.45, 7) is 1.52. The van der Waals surface area contributed by atoms with E-state index in [-0.39, 0.29) is 15.5 Å². The molecular formula is C12H18N4O2S2. The van der Waals surface area contributed by atoms with E-state index in [9.17, 15) is 8.42 Å². The highest BCUT2D eigenvalue weighted by Crippen LogP contribution is 2.42. The van der Waals surface area contributed by atoms with Gasteiger partial charge in [0, 0.05) is 25.4 Å². The molecule has 0 spiro atoms. The number of sulfone groups is 1. The Morgan fingerprint density at radius 2 is 2.15 bits per heavy atom. The van der Waals surface area contributed by atoms with E-state index < -0.39 is 9.84 Å². The molecule has 1 fully saturated rings. The fourth-order valence-electron chi connectivity index (χ4n) is 2.41. The maximum atomic E-state index is 12.0. The molecule has 0 aliphatic carbocycles. The summed E-state index contributed by atoms with van der Waals surface area (Å²) in [4.78, 5) is 4.53. The largest absolute Gasteiger partial charge is 0.396 e. The quantitative estimate of drug-likeness (QED) is 0.885. The number of rotatable bonds is 3. The van der Waals surface area contributed by atoms with Gasteiger partial charge in [0.2, 0.25) is 0 Å². The van der Waals surface area contributed by atoms with Crippen LogP contribution in [0.15, 0.2) is 4.90 Å². The second kappa shape index (κ2) is 5.24. The molecular weight excluding hydrogens is 296 g/mol. The van der Waals surface area contributed by atoms with Gasteiger partial charge in [0.15, 0.2) is 9.84 Å². The summed E-state index contributed by atoms with van der Waals surface area (Å²) >= 11 is 1.17. The third-order valence-electron chi connectivity index (χ3n) is 3.54. The second-order valence-corrected chi connectivity index (χ2v) is 8.17. The monoisotopic (exact) mass is 314 g/mol. The number of hydrogen-bond donors (Lipinski definition) is 1. The highest BCUT2D eigenvalue weighted by atomic mass is 32.2. The van der Waals surface area contributed by atoms with Gasteiger partial charge in [-0.05, 0) is 20.5 Å². The Kier molecular flexibility index (Phi) is 3.95. The summed E-state index contributed by atoms with van der Waals surface area (Å²) in [6.07, 6.45) is 2.10. The van der Waals surface area contributed by atoms with Gasteiger partial charge in [0.05, 0.1) is 5.69 Å². The van der Waals surface area contributed by atoms with E-state index in [0.717, 1.165) is 25.8 Å². The number of nitrogens with zero attached hydrogens (tertiary/aromatic N) is 3. The van der Waals surface area contributed by atoms with Gasteiger partial charge in [0.25, 0.3) is 0 Å². The maximum absolute atomic E-state index is 12.0. The number of thiophene rings is 1. The van der Waals surface area contributed by atoms with Crippen molar-refractivity contribution in [3.63, 3.8) is 0 Å². The van der Waals surface area contributed by atoms with Gasteiger partial charge < -0.3 is 15.5 Å². The topological polar surface area (TPSA) is 90.4 Å². The summed E-state index contributed by atoms with van der Waals surface area (Å²) in [7, 11) is 0.569. The van der Waals surface area contributed by atoms with Crippen molar-refractivity contribution in [3.05, 3.63) is 4.88 Å². The minimum atomic E-state index is -3.45. The van der Waals surface area contributed by atoms with Gasteiger partial charge >= 0.3 is 0 Å². The Bertz CT molecular complexity index is 658. The Morgan fingerprint density at radius 3 is 2.60 bits per heavy atom. The van der Waals surface area contributed by atoms with Crippen LogP contribution < -0.4 is 10.6 Å². The van der Waals surface area contributed by atoms with E-state index >= 15 is 0 Å². The normalized spacial score (nSPS) is 19.6. The highest BCUT2D eigenvalue weighted by Gasteiger charge is 2.32. The number of nitriles is 1. The molecule has 2 heterocycles. The van der Waals surface area contributed by atoms with E-state index in [1.165, 1.54) is 11.3 Å². The summed E-state index contributed by atoms with van der Waals surface area (Å²) in [5, 5.41) is 9.67. The molecule has 8 heteroatoms. The van der Waals surface area contributed by atoms with Gasteiger partial charge in [0.1, 0.15) is 20.8 Å². The van der Waals surface area contributed by atoms with Gasteiger partial charge in [-0.15, -0.1) is 11.3 Å². The van der Waals surface area contributed by atoms with Crippen LogP contribution in [0.3, 0.4) is 0 Å². The van der Waals surface area contributed by atoms with Crippen LogP contribution in [0, 0.1) is 11.3 Å². The minimum Gasteiger partial charge on any atom is -0.396 e. The van der Waals surface area contributed by atoms with Crippen LogP contribution in [-0.2, 0) is 9.84 Å². The van der Waals surface area contributed by atoms with Gasteiger partial charge in [-0.25, -0.2) is 8.42 Å². The van der Waals surface area contributed by atoms with E-state index in [4.69, 9.17) is 11.0 Å². The zero-order chi connectivity index (χ0) is 15.1. The van der Waals surface area contributed by atoms with Crippen LogP contribution in [0.25, 0.3) is 0 Å². The van der Waals surface area contributed by atoms with Crippen LogP contribution in [-0.4, -0.2) is 52.8 Å². The molecule has 0 saturated carbocycles. The van der Waals surface area contributed by atoms with Gasteiger partial charge in [-0.1, -0.05) is 0 Å². The van der Waals surface area contributed by atoms with Crippen molar-refractivity contribution in [2.24, 2.45) is 0 Å². The molecule has 0 aromatic carbocycles. The van der Waals surface area contributed by atoms with Crippen molar-refractivity contribution >= 4 is 31.9 Å². The summed E-state index contributed by atoms with van der Waals surface area (Å²) in [5.41, 5.74) is 5.92. The fourth-order valence-corrected chi connectivity index (χ4v) is 4.95. The number of nitrogen functional groups attached to an aromatic ring is 1. The Labute approximate surface area is 123 Å².